The third-order valence-corrected chi connectivity index (χ3v) is 5.36. The number of fused-ring (bicyclic) bond motifs is 1. The van der Waals surface area contributed by atoms with Crippen LogP contribution in [0.5, 0.6) is 0 Å². The standard InChI is InChI=1S/C24H19ClN2O2/c1-15-6-5-8-21(16(15)2)26-24(29)23(28)22-20(17-9-11-18(25)12-10-17)14-19-7-3-4-13-27(19)22/h3-14H,1-2H3,(H,26,29). The number of anilines is 1. The largest absolute Gasteiger partial charge is 0.319 e. The summed E-state index contributed by atoms with van der Waals surface area (Å²) in [5, 5.41) is 3.38. The van der Waals surface area contributed by atoms with Gasteiger partial charge >= 0.3 is 0 Å². The Labute approximate surface area is 173 Å². The number of hydrogen-bond donors (Lipinski definition) is 1. The molecule has 0 fully saturated rings. The summed E-state index contributed by atoms with van der Waals surface area (Å²) in [6.45, 7) is 3.88. The summed E-state index contributed by atoms with van der Waals surface area (Å²) < 4.78 is 1.74. The van der Waals surface area contributed by atoms with Gasteiger partial charge in [0.15, 0.2) is 0 Å². The number of halogens is 1. The van der Waals surface area contributed by atoms with Gasteiger partial charge in [-0.05, 0) is 66.9 Å². The van der Waals surface area contributed by atoms with Crippen molar-refractivity contribution in [2.45, 2.75) is 13.8 Å². The SMILES string of the molecule is Cc1cccc(NC(=O)C(=O)c2c(-c3ccc(Cl)cc3)cc3ccccn23)c1C. The number of rotatable bonds is 4. The van der Waals surface area contributed by atoms with E-state index in [9.17, 15) is 9.59 Å². The fourth-order valence-corrected chi connectivity index (χ4v) is 3.50. The molecule has 5 heteroatoms. The van der Waals surface area contributed by atoms with Crippen molar-refractivity contribution in [2.24, 2.45) is 0 Å². The van der Waals surface area contributed by atoms with E-state index in [1.165, 1.54) is 0 Å². The lowest BCUT2D eigenvalue weighted by atomic mass is 10.0. The highest BCUT2D eigenvalue weighted by atomic mass is 35.5. The zero-order chi connectivity index (χ0) is 20.5. The number of nitrogens with one attached hydrogen (secondary N) is 1. The van der Waals surface area contributed by atoms with Gasteiger partial charge in [0, 0.05) is 28.0 Å². The number of carbonyl (C=O) groups is 2. The molecule has 2 aromatic heterocycles. The second-order valence-corrected chi connectivity index (χ2v) is 7.38. The van der Waals surface area contributed by atoms with E-state index in [0.717, 1.165) is 22.2 Å². The maximum atomic E-state index is 13.2. The van der Waals surface area contributed by atoms with Crippen molar-refractivity contribution in [2.75, 3.05) is 5.32 Å². The number of ketones is 1. The minimum atomic E-state index is -0.669. The zero-order valence-corrected chi connectivity index (χ0v) is 16.8. The summed E-state index contributed by atoms with van der Waals surface area (Å²) in [6.07, 6.45) is 1.78. The Morgan fingerprint density at radius 1 is 0.931 bits per heavy atom. The van der Waals surface area contributed by atoms with Crippen LogP contribution in [0.25, 0.3) is 16.6 Å². The zero-order valence-electron chi connectivity index (χ0n) is 16.1. The fourth-order valence-electron chi connectivity index (χ4n) is 3.38. The van der Waals surface area contributed by atoms with Crippen LogP contribution in [0.1, 0.15) is 21.6 Å². The molecule has 1 N–H and O–H groups in total. The number of nitrogens with zero attached hydrogens (tertiary/aromatic N) is 1. The summed E-state index contributed by atoms with van der Waals surface area (Å²) in [7, 11) is 0. The first kappa shape index (κ1) is 19.0. The molecular weight excluding hydrogens is 384 g/mol. The molecule has 0 radical (unpaired) electrons. The Kier molecular flexibility index (Phi) is 4.95. The van der Waals surface area contributed by atoms with E-state index in [2.05, 4.69) is 5.32 Å². The Hall–Kier alpha value is -3.37. The molecule has 144 valence electrons. The van der Waals surface area contributed by atoms with Crippen LogP contribution in [0, 0.1) is 13.8 Å². The summed E-state index contributed by atoms with van der Waals surface area (Å²) in [4.78, 5) is 26.1. The number of aryl methyl sites for hydroxylation is 1. The number of aromatic nitrogens is 1. The fraction of sp³-hybridized carbons (Fsp3) is 0.0833. The van der Waals surface area contributed by atoms with Gasteiger partial charge in [0.2, 0.25) is 0 Å². The van der Waals surface area contributed by atoms with Gasteiger partial charge in [-0.1, -0.05) is 41.9 Å². The molecular formula is C24H19ClN2O2. The molecule has 0 aliphatic rings. The third kappa shape index (κ3) is 3.55. The third-order valence-electron chi connectivity index (χ3n) is 5.11. The smallest absolute Gasteiger partial charge is 0.298 e. The number of benzene rings is 2. The van der Waals surface area contributed by atoms with Crippen LogP contribution >= 0.6 is 11.6 Å². The van der Waals surface area contributed by atoms with Crippen molar-refractivity contribution >= 4 is 34.5 Å². The van der Waals surface area contributed by atoms with E-state index in [1.807, 2.05) is 62.4 Å². The van der Waals surface area contributed by atoms with E-state index in [0.29, 0.717) is 22.0 Å². The van der Waals surface area contributed by atoms with Crippen molar-refractivity contribution in [3.63, 3.8) is 0 Å². The van der Waals surface area contributed by atoms with Gasteiger partial charge in [-0.25, -0.2) is 0 Å². The van der Waals surface area contributed by atoms with Crippen molar-refractivity contribution in [3.05, 3.63) is 94.8 Å². The summed E-state index contributed by atoms with van der Waals surface area (Å²) in [5.41, 5.74) is 5.29. The molecule has 0 aliphatic carbocycles. The monoisotopic (exact) mass is 402 g/mol. The number of Topliss-reactive ketones (excluding diaryl/α,β-unsaturated/α-hetero) is 1. The first-order valence-corrected chi connectivity index (χ1v) is 9.61. The molecule has 2 heterocycles. The summed E-state index contributed by atoms with van der Waals surface area (Å²) in [5.74, 6) is -1.26. The van der Waals surface area contributed by atoms with Gasteiger partial charge in [-0.2, -0.15) is 0 Å². The van der Waals surface area contributed by atoms with Crippen molar-refractivity contribution in [1.29, 1.82) is 0 Å². The second kappa shape index (κ2) is 7.57. The van der Waals surface area contributed by atoms with Gasteiger partial charge in [-0.15, -0.1) is 0 Å². The number of pyridine rings is 1. The lowest BCUT2D eigenvalue weighted by Gasteiger charge is -2.11. The van der Waals surface area contributed by atoms with Crippen LogP contribution in [-0.2, 0) is 4.79 Å². The highest BCUT2D eigenvalue weighted by Gasteiger charge is 2.25. The van der Waals surface area contributed by atoms with Crippen LogP contribution in [0.4, 0.5) is 5.69 Å². The van der Waals surface area contributed by atoms with Crippen LogP contribution in [-0.4, -0.2) is 16.1 Å². The number of hydrogen-bond acceptors (Lipinski definition) is 2. The Balaban J connectivity index is 1.78. The molecule has 0 unspecified atom stereocenters. The second-order valence-electron chi connectivity index (χ2n) is 6.94. The number of carbonyl (C=O) groups excluding carboxylic acids is 2. The van der Waals surface area contributed by atoms with Gasteiger partial charge in [0.05, 0.1) is 0 Å². The minimum absolute atomic E-state index is 0.325. The maximum absolute atomic E-state index is 13.2. The van der Waals surface area contributed by atoms with Crippen LogP contribution in [0.2, 0.25) is 5.02 Å². The average molecular weight is 403 g/mol. The minimum Gasteiger partial charge on any atom is -0.319 e. The number of amides is 1. The van der Waals surface area contributed by atoms with Crippen molar-refractivity contribution in [3.8, 4) is 11.1 Å². The van der Waals surface area contributed by atoms with Crippen LogP contribution in [0.3, 0.4) is 0 Å². The molecule has 4 aromatic rings. The topological polar surface area (TPSA) is 50.6 Å². The van der Waals surface area contributed by atoms with Crippen molar-refractivity contribution < 1.29 is 9.59 Å². The first-order valence-electron chi connectivity index (χ1n) is 9.23. The van der Waals surface area contributed by atoms with Gasteiger partial charge in [0.1, 0.15) is 5.69 Å². The Morgan fingerprint density at radius 2 is 1.69 bits per heavy atom. The van der Waals surface area contributed by atoms with E-state index in [1.54, 1.807) is 28.8 Å². The molecule has 0 bridgehead atoms. The molecule has 0 aliphatic heterocycles. The predicted molar refractivity (Wildman–Crippen MR) is 117 cm³/mol. The van der Waals surface area contributed by atoms with Crippen LogP contribution in [0.15, 0.2) is 72.9 Å². The maximum Gasteiger partial charge on any atom is 0.298 e. The molecule has 4 rings (SSSR count). The van der Waals surface area contributed by atoms with E-state index in [-0.39, 0.29) is 0 Å². The van der Waals surface area contributed by atoms with E-state index < -0.39 is 11.7 Å². The molecule has 2 aromatic carbocycles. The molecule has 0 saturated carbocycles. The van der Waals surface area contributed by atoms with Gasteiger partial charge in [-0.3, -0.25) is 9.59 Å². The van der Waals surface area contributed by atoms with Crippen molar-refractivity contribution in [1.82, 2.24) is 4.40 Å². The highest BCUT2D eigenvalue weighted by molar-refractivity contribution is 6.47. The Bertz CT molecular complexity index is 1240. The van der Waals surface area contributed by atoms with E-state index in [4.69, 9.17) is 11.6 Å². The molecule has 1 amide bonds. The molecule has 0 spiro atoms. The Morgan fingerprint density at radius 3 is 2.45 bits per heavy atom. The summed E-state index contributed by atoms with van der Waals surface area (Å²) in [6, 6.07) is 20.4. The molecule has 0 atom stereocenters. The average Bonchev–Trinajstić information content (AvgIpc) is 3.10. The summed E-state index contributed by atoms with van der Waals surface area (Å²) >= 11 is 6.01. The predicted octanol–water partition coefficient (Wildman–Crippen LogP) is 5.70. The molecule has 29 heavy (non-hydrogen) atoms. The van der Waals surface area contributed by atoms with Crippen LogP contribution < -0.4 is 5.32 Å². The molecule has 0 saturated heterocycles. The van der Waals surface area contributed by atoms with Gasteiger partial charge < -0.3 is 9.72 Å². The normalized spacial score (nSPS) is 10.9. The molecule has 4 nitrogen and oxygen atoms in total. The van der Waals surface area contributed by atoms with E-state index >= 15 is 0 Å². The highest BCUT2D eigenvalue weighted by Crippen LogP contribution is 2.29. The van der Waals surface area contributed by atoms with Gasteiger partial charge in [0.25, 0.3) is 11.7 Å². The first-order chi connectivity index (χ1) is 14.0. The lowest BCUT2D eigenvalue weighted by Crippen LogP contribution is -2.25. The lowest BCUT2D eigenvalue weighted by molar-refractivity contribution is -0.112. The quantitative estimate of drug-likeness (QED) is 0.351.